The second kappa shape index (κ2) is 6.91. The normalized spacial score (nSPS) is 11.9. The van der Waals surface area contributed by atoms with E-state index < -0.39 is 0 Å². The summed E-state index contributed by atoms with van der Waals surface area (Å²) in [5.41, 5.74) is 1.45. The van der Waals surface area contributed by atoms with E-state index in [9.17, 15) is 4.79 Å². The zero-order valence-electron chi connectivity index (χ0n) is 10.5. The van der Waals surface area contributed by atoms with Crippen LogP contribution in [0.5, 0.6) is 0 Å². The molecule has 0 saturated carbocycles. The largest absolute Gasteiger partial charge is 0.462 e. The maximum Gasteiger partial charge on any atom is 0.338 e. The van der Waals surface area contributed by atoms with E-state index in [0.29, 0.717) is 18.8 Å². The summed E-state index contributed by atoms with van der Waals surface area (Å²) in [4.78, 5) is 11.5. The lowest BCUT2D eigenvalue weighted by Gasteiger charge is -2.14. The monoisotopic (exact) mass is 237 g/mol. The van der Waals surface area contributed by atoms with Crippen LogP contribution in [0.2, 0.25) is 0 Å². The molecule has 0 aliphatic heterocycles. The zero-order valence-corrected chi connectivity index (χ0v) is 10.5. The molecule has 1 aromatic carbocycles. The summed E-state index contributed by atoms with van der Waals surface area (Å²) in [6.45, 7) is 4.81. The summed E-state index contributed by atoms with van der Waals surface area (Å²) in [7, 11) is 1.66. The highest BCUT2D eigenvalue weighted by atomic mass is 16.5. The van der Waals surface area contributed by atoms with E-state index in [4.69, 9.17) is 9.47 Å². The minimum Gasteiger partial charge on any atom is -0.462 e. The number of anilines is 1. The molecule has 94 valence electrons. The van der Waals surface area contributed by atoms with Gasteiger partial charge in [0.15, 0.2) is 0 Å². The third kappa shape index (κ3) is 4.44. The van der Waals surface area contributed by atoms with E-state index in [1.165, 1.54) is 0 Å². The molecule has 4 nitrogen and oxygen atoms in total. The van der Waals surface area contributed by atoms with Crippen molar-refractivity contribution in [3.63, 3.8) is 0 Å². The lowest BCUT2D eigenvalue weighted by molar-refractivity contribution is 0.0526. The molecule has 0 saturated heterocycles. The zero-order chi connectivity index (χ0) is 12.7. The van der Waals surface area contributed by atoms with Gasteiger partial charge in [0, 0.05) is 18.8 Å². The van der Waals surface area contributed by atoms with Gasteiger partial charge in [0.05, 0.1) is 18.8 Å². The van der Waals surface area contributed by atoms with E-state index >= 15 is 0 Å². The highest BCUT2D eigenvalue weighted by Gasteiger charge is 2.07. The van der Waals surface area contributed by atoms with Crippen LogP contribution in [0.15, 0.2) is 24.3 Å². The van der Waals surface area contributed by atoms with Gasteiger partial charge in [0.25, 0.3) is 0 Å². The highest BCUT2D eigenvalue weighted by molar-refractivity contribution is 5.90. The summed E-state index contributed by atoms with van der Waals surface area (Å²) in [5.74, 6) is -0.296. The average molecular weight is 237 g/mol. The third-order valence-corrected chi connectivity index (χ3v) is 2.20. The molecule has 1 rings (SSSR count). The molecule has 17 heavy (non-hydrogen) atoms. The molecule has 0 fully saturated rings. The standard InChI is InChI=1S/C13H19NO3/c1-4-17-13(15)11-6-5-7-12(8-11)14-10(2)9-16-3/h5-8,10,14H,4,9H2,1-3H3. The second-order valence-electron chi connectivity index (χ2n) is 3.80. The first-order valence-electron chi connectivity index (χ1n) is 5.70. The summed E-state index contributed by atoms with van der Waals surface area (Å²) >= 11 is 0. The Bertz CT molecular complexity index is 365. The van der Waals surface area contributed by atoms with Gasteiger partial charge in [0.1, 0.15) is 0 Å². The lowest BCUT2D eigenvalue weighted by Crippen LogP contribution is -2.20. The van der Waals surface area contributed by atoms with Gasteiger partial charge in [-0.3, -0.25) is 0 Å². The van der Waals surface area contributed by atoms with Crippen LogP contribution in [0.3, 0.4) is 0 Å². The summed E-state index contributed by atoms with van der Waals surface area (Å²) < 4.78 is 9.98. The van der Waals surface area contributed by atoms with Gasteiger partial charge in [-0.15, -0.1) is 0 Å². The Hall–Kier alpha value is -1.55. The summed E-state index contributed by atoms with van der Waals surface area (Å²) in [6.07, 6.45) is 0. The molecular formula is C13H19NO3. The van der Waals surface area contributed by atoms with Crippen molar-refractivity contribution in [2.45, 2.75) is 19.9 Å². The number of hydrogen-bond acceptors (Lipinski definition) is 4. The Morgan fingerprint density at radius 3 is 2.88 bits per heavy atom. The van der Waals surface area contributed by atoms with Crippen molar-refractivity contribution in [2.24, 2.45) is 0 Å². The van der Waals surface area contributed by atoms with Crippen LogP contribution in [0.25, 0.3) is 0 Å². The molecule has 1 atom stereocenters. The van der Waals surface area contributed by atoms with Gasteiger partial charge < -0.3 is 14.8 Å². The van der Waals surface area contributed by atoms with Crippen LogP contribution in [0, 0.1) is 0 Å². The minimum atomic E-state index is -0.296. The number of benzene rings is 1. The van der Waals surface area contributed by atoms with E-state index in [0.717, 1.165) is 5.69 Å². The first-order chi connectivity index (χ1) is 8.17. The number of carbonyl (C=O) groups excluding carboxylic acids is 1. The molecule has 0 aliphatic rings. The minimum absolute atomic E-state index is 0.192. The number of ether oxygens (including phenoxy) is 2. The predicted molar refractivity (Wildman–Crippen MR) is 67.4 cm³/mol. The van der Waals surface area contributed by atoms with Crippen molar-refractivity contribution in [3.8, 4) is 0 Å². The molecule has 0 spiro atoms. The van der Waals surface area contributed by atoms with Gasteiger partial charge in [-0.25, -0.2) is 4.79 Å². The molecule has 0 aliphatic carbocycles. The van der Waals surface area contributed by atoms with E-state index in [-0.39, 0.29) is 12.0 Å². The van der Waals surface area contributed by atoms with Crippen LogP contribution in [0.1, 0.15) is 24.2 Å². The topological polar surface area (TPSA) is 47.6 Å². The number of hydrogen-bond donors (Lipinski definition) is 1. The molecule has 0 heterocycles. The maximum absolute atomic E-state index is 11.5. The molecular weight excluding hydrogens is 218 g/mol. The first kappa shape index (κ1) is 13.5. The predicted octanol–water partition coefficient (Wildman–Crippen LogP) is 2.31. The second-order valence-corrected chi connectivity index (χ2v) is 3.80. The van der Waals surface area contributed by atoms with Crippen molar-refractivity contribution in [3.05, 3.63) is 29.8 Å². The molecule has 0 bridgehead atoms. The molecule has 1 unspecified atom stereocenters. The number of rotatable bonds is 6. The van der Waals surface area contributed by atoms with Gasteiger partial charge in [-0.1, -0.05) is 6.07 Å². The van der Waals surface area contributed by atoms with Gasteiger partial charge in [-0.05, 0) is 32.0 Å². The number of nitrogens with one attached hydrogen (secondary N) is 1. The quantitative estimate of drug-likeness (QED) is 0.771. The fourth-order valence-corrected chi connectivity index (χ4v) is 1.53. The Balaban J connectivity index is 2.68. The fraction of sp³-hybridized carbons (Fsp3) is 0.462. The van der Waals surface area contributed by atoms with Crippen molar-refractivity contribution in [1.29, 1.82) is 0 Å². The fourth-order valence-electron chi connectivity index (χ4n) is 1.53. The van der Waals surface area contributed by atoms with Crippen molar-refractivity contribution < 1.29 is 14.3 Å². The Morgan fingerprint density at radius 2 is 2.24 bits per heavy atom. The van der Waals surface area contributed by atoms with Gasteiger partial charge >= 0.3 is 5.97 Å². The summed E-state index contributed by atoms with van der Waals surface area (Å²) in [5, 5.41) is 3.25. The summed E-state index contributed by atoms with van der Waals surface area (Å²) in [6, 6.07) is 7.45. The van der Waals surface area contributed by atoms with Crippen LogP contribution < -0.4 is 5.32 Å². The van der Waals surface area contributed by atoms with E-state index in [1.54, 1.807) is 26.2 Å². The average Bonchev–Trinajstić information content (AvgIpc) is 2.30. The number of esters is 1. The smallest absolute Gasteiger partial charge is 0.338 e. The molecule has 1 N–H and O–H groups in total. The molecule has 0 aromatic heterocycles. The van der Waals surface area contributed by atoms with Crippen molar-refractivity contribution >= 4 is 11.7 Å². The highest BCUT2D eigenvalue weighted by Crippen LogP contribution is 2.12. The van der Waals surface area contributed by atoms with Gasteiger partial charge in [0.2, 0.25) is 0 Å². The Labute approximate surface area is 102 Å². The third-order valence-electron chi connectivity index (χ3n) is 2.20. The van der Waals surface area contributed by atoms with Crippen molar-refractivity contribution in [1.82, 2.24) is 0 Å². The Kier molecular flexibility index (Phi) is 5.49. The molecule has 1 aromatic rings. The van der Waals surface area contributed by atoms with E-state index in [2.05, 4.69) is 5.32 Å². The van der Waals surface area contributed by atoms with Gasteiger partial charge in [-0.2, -0.15) is 0 Å². The SMILES string of the molecule is CCOC(=O)c1cccc(NC(C)COC)c1. The molecule has 4 heteroatoms. The van der Waals surface area contributed by atoms with Crippen LogP contribution in [-0.4, -0.2) is 32.3 Å². The van der Waals surface area contributed by atoms with Crippen molar-refractivity contribution in [2.75, 3.05) is 25.6 Å². The van der Waals surface area contributed by atoms with Crippen LogP contribution in [-0.2, 0) is 9.47 Å². The van der Waals surface area contributed by atoms with Crippen LogP contribution in [0.4, 0.5) is 5.69 Å². The molecule has 0 amide bonds. The van der Waals surface area contributed by atoms with E-state index in [1.807, 2.05) is 19.1 Å². The molecule has 0 radical (unpaired) electrons. The lowest BCUT2D eigenvalue weighted by atomic mass is 10.2. The first-order valence-corrected chi connectivity index (χ1v) is 5.70. The number of methoxy groups -OCH3 is 1. The van der Waals surface area contributed by atoms with Crippen LogP contribution >= 0.6 is 0 Å². The Morgan fingerprint density at radius 1 is 1.47 bits per heavy atom. The maximum atomic E-state index is 11.5. The number of carbonyl (C=O) groups is 1.